The summed E-state index contributed by atoms with van der Waals surface area (Å²) in [5, 5.41) is 5.33. The van der Waals surface area contributed by atoms with Crippen molar-refractivity contribution in [1.82, 2.24) is 4.90 Å². The lowest BCUT2D eigenvalue weighted by molar-refractivity contribution is 0.182. The normalized spacial score (nSPS) is 15.5. The van der Waals surface area contributed by atoms with Crippen LogP contribution in [0.2, 0.25) is 0 Å². The lowest BCUT2D eigenvalue weighted by Gasteiger charge is -2.30. The number of thiophene rings is 1. The highest BCUT2D eigenvalue weighted by Crippen LogP contribution is 2.29. The summed E-state index contributed by atoms with van der Waals surface area (Å²) >= 11 is 1.83. The molecule has 3 N–H and O–H groups in total. The fourth-order valence-corrected chi connectivity index (χ4v) is 4.25. The van der Waals surface area contributed by atoms with E-state index in [2.05, 4.69) is 32.7 Å². The summed E-state index contributed by atoms with van der Waals surface area (Å²) in [5.74, 6) is 2.53. The lowest BCUT2D eigenvalue weighted by atomic mass is 9.97. The molecule has 1 aliphatic heterocycles. The predicted octanol–water partition coefficient (Wildman–Crippen LogP) is 4.80. The van der Waals surface area contributed by atoms with Gasteiger partial charge in [-0.2, -0.15) is 0 Å². The molecule has 2 heterocycles. The van der Waals surface area contributed by atoms with Crippen LogP contribution in [0.25, 0.3) is 0 Å². The van der Waals surface area contributed by atoms with Crippen LogP contribution in [0.3, 0.4) is 0 Å². The Labute approximate surface area is 200 Å². The van der Waals surface area contributed by atoms with Gasteiger partial charge in [-0.05, 0) is 69.3 Å². The van der Waals surface area contributed by atoms with Crippen molar-refractivity contribution in [2.24, 2.45) is 16.6 Å². The van der Waals surface area contributed by atoms with Crippen LogP contribution in [0.4, 0.5) is 5.69 Å². The minimum Gasteiger partial charge on any atom is -0.494 e. The molecule has 30 heavy (non-hydrogen) atoms. The number of rotatable bonds is 9. The van der Waals surface area contributed by atoms with Crippen molar-refractivity contribution in [2.75, 3.05) is 38.2 Å². The highest BCUT2D eigenvalue weighted by atomic mass is 127. The van der Waals surface area contributed by atoms with E-state index in [0.717, 1.165) is 56.2 Å². The average molecular weight is 545 g/mol. The molecule has 0 radical (unpaired) electrons. The predicted molar refractivity (Wildman–Crippen MR) is 137 cm³/mol. The third-order valence-corrected chi connectivity index (χ3v) is 5.87. The topological polar surface area (TPSA) is 72.1 Å². The molecule has 0 amide bonds. The second-order valence-electron chi connectivity index (χ2n) is 7.17. The van der Waals surface area contributed by atoms with Crippen LogP contribution >= 0.6 is 35.3 Å². The minimum atomic E-state index is 0. The summed E-state index contributed by atoms with van der Waals surface area (Å²) in [4.78, 5) is 8.56. The van der Waals surface area contributed by atoms with E-state index in [9.17, 15) is 0 Å². The molecule has 2 aromatic rings. The Kier molecular flexibility index (Phi) is 10.7. The van der Waals surface area contributed by atoms with E-state index >= 15 is 0 Å². The summed E-state index contributed by atoms with van der Waals surface area (Å²) in [5.41, 5.74) is 6.95. The van der Waals surface area contributed by atoms with E-state index < -0.39 is 0 Å². The third-order valence-electron chi connectivity index (χ3n) is 5.01. The van der Waals surface area contributed by atoms with Gasteiger partial charge in [-0.25, -0.2) is 0 Å². The van der Waals surface area contributed by atoms with Crippen molar-refractivity contribution in [2.45, 2.75) is 33.2 Å². The number of aliphatic imine (C=N–C) groups is 1. The first kappa shape index (κ1) is 24.7. The fourth-order valence-electron chi connectivity index (χ4n) is 3.50. The van der Waals surface area contributed by atoms with Gasteiger partial charge in [-0.15, -0.1) is 35.3 Å². The Morgan fingerprint density at radius 2 is 1.97 bits per heavy atom. The number of halogens is 1. The van der Waals surface area contributed by atoms with E-state index in [1.54, 1.807) is 0 Å². The van der Waals surface area contributed by atoms with E-state index in [1.165, 1.54) is 4.88 Å². The van der Waals surface area contributed by atoms with Crippen LogP contribution in [0, 0.1) is 5.92 Å². The molecule has 1 fully saturated rings. The van der Waals surface area contributed by atoms with Gasteiger partial charge in [-0.3, -0.25) is 9.89 Å². The Bertz CT molecular complexity index is 777. The molecule has 1 aromatic heterocycles. The van der Waals surface area contributed by atoms with Crippen molar-refractivity contribution < 1.29 is 9.47 Å². The Morgan fingerprint density at radius 3 is 2.63 bits per heavy atom. The van der Waals surface area contributed by atoms with Gasteiger partial charge in [0.25, 0.3) is 0 Å². The van der Waals surface area contributed by atoms with Crippen LogP contribution in [-0.4, -0.2) is 43.7 Å². The van der Waals surface area contributed by atoms with Crippen LogP contribution < -0.4 is 20.5 Å². The van der Waals surface area contributed by atoms with Gasteiger partial charge in [0.15, 0.2) is 5.96 Å². The summed E-state index contributed by atoms with van der Waals surface area (Å²) in [7, 11) is 0. The van der Waals surface area contributed by atoms with E-state index in [4.69, 9.17) is 15.2 Å². The largest absolute Gasteiger partial charge is 0.494 e. The molecule has 3 rings (SSSR count). The van der Waals surface area contributed by atoms with Gasteiger partial charge >= 0.3 is 0 Å². The van der Waals surface area contributed by atoms with Gasteiger partial charge < -0.3 is 20.5 Å². The molecule has 0 unspecified atom stereocenters. The summed E-state index contributed by atoms with van der Waals surface area (Å²) in [6, 6.07) is 10.0. The number of hydrogen-bond acceptors (Lipinski definition) is 5. The van der Waals surface area contributed by atoms with Crippen LogP contribution in [-0.2, 0) is 6.54 Å². The number of hydrogen-bond donors (Lipinski definition) is 2. The second kappa shape index (κ2) is 13.0. The zero-order valence-corrected chi connectivity index (χ0v) is 20.9. The number of nitrogens with two attached hydrogens (primary N) is 1. The maximum Gasteiger partial charge on any atom is 0.193 e. The zero-order chi connectivity index (χ0) is 20.5. The fraction of sp³-hybridized carbons (Fsp3) is 0.500. The molecule has 166 valence electrons. The van der Waals surface area contributed by atoms with Crippen molar-refractivity contribution >= 4 is 47.0 Å². The van der Waals surface area contributed by atoms with E-state index in [1.807, 2.05) is 43.4 Å². The van der Waals surface area contributed by atoms with Crippen LogP contribution in [0.5, 0.6) is 11.5 Å². The summed E-state index contributed by atoms with van der Waals surface area (Å²) in [6.45, 7) is 9.18. The van der Waals surface area contributed by atoms with Crippen LogP contribution in [0.15, 0.2) is 40.7 Å². The standard InChI is InChI=1S/C22H32N4O2S.HI/c1-3-27-18-7-8-21(28-4-2)20(14-18)25-22(23)24-15-17-9-11-26(12-10-17)16-19-6-5-13-29-19;/h5-8,13-14,17H,3-4,9-12,15-16H2,1-2H3,(H3,23,24,25);1H. The van der Waals surface area contributed by atoms with E-state index in [-0.39, 0.29) is 24.0 Å². The number of piperidine rings is 1. The van der Waals surface area contributed by atoms with Gasteiger partial charge in [0.05, 0.1) is 18.9 Å². The van der Waals surface area contributed by atoms with Crippen molar-refractivity contribution in [3.8, 4) is 11.5 Å². The molecule has 0 saturated carbocycles. The number of anilines is 1. The molecular formula is C22H33IN4O2S. The summed E-state index contributed by atoms with van der Waals surface area (Å²) < 4.78 is 11.3. The molecule has 1 aliphatic rings. The Morgan fingerprint density at radius 1 is 1.20 bits per heavy atom. The molecule has 8 heteroatoms. The number of guanidine groups is 1. The number of nitrogens with zero attached hydrogens (tertiary/aromatic N) is 2. The van der Waals surface area contributed by atoms with Gasteiger partial charge in [0.1, 0.15) is 11.5 Å². The lowest BCUT2D eigenvalue weighted by Crippen LogP contribution is -2.34. The van der Waals surface area contributed by atoms with Crippen molar-refractivity contribution in [1.29, 1.82) is 0 Å². The molecule has 0 aliphatic carbocycles. The molecule has 0 spiro atoms. The van der Waals surface area contributed by atoms with Gasteiger partial charge in [0.2, 0.25) is 0 Å². The number of nitrogens with one attached hydrogen (secondary N) is 1. The quantitative estimate of drug-likeness (QED) is 0.270. The van der Waals surface area contributed by atoms with Gasteiger partial charge in [-0.1, -0.05) is 6.07 Å². The van der Waals surface area contributed by atoms with Crippen molar-refractivity contribution in [3.63, 3.8) is 0 Å². The minimum absolute atomic E-state index is 0. The van der Waals surface area contributed by atoms with Gasteiger partial charge in [0, 0.05) is 24.0 Å². The number of likely N-dealkylation sites (tertiary alicyclic amines) is 1. The molecule has 1 saturated heterocycles. The van der Waals surface area contributed by atoms with Crippen LogP contribution in [0.1, 0.15) is 31.6 Å². The molecular weight excluding hydrogens is 511 g/mol. The highest BCUT2D eigenvalue weighted by Gasteiger charge is 2.19. The second-order valence-corrected chi connectivity index (χ2v) is 8.21. The van der Waals surface area contributed by atoms with Crippen molar-refractivity contribution in [3.05, 3.63) is 40.6 Å². The monoisotopic (exact) mass is 544 g/mol. The van der Waals surface area contributed by atoms with E-state index in [0.29, 0.717) is 25.1 Å². The third kappa shape index (κ3) is 7.63. The zero-order valence-electron chi connectivity index (χ0n) is 17.8. The molecule has 1 aromatic carbocycles. The molecule has 0 bridgehead atoms. The molecule has 6 nitrogen and oxygen atoms in total. The summed E-state index contributed by atoms with van der Waals surface area (Å²) in [6.07, 6.45) is 2.32. The Balaban J connectivity index is 0.00000320. The first-order chi connectivity index (χ1) is 14.2. The Hall–Kier alpha value is -1.52. The maximum absolute atomic E-state index is 6.16. The first-order valence-electron chi connectivity index (χ1n) is 10.4. The number of ether oxygens (including phenoxy) is 2. The number of benzene rings is 1. The maximum atomic E-state index is 6.16. The first-order valence-corrected chi connectivity index (χ1v) is 11.3. The SMILES string of the molecule is CCOc1ccc(OCC)c(NC(N)=NCC2CCN(Cc3cccs3)CC2)c1.I. The molecule has 0 atom stereocenters. The highest BCUT2D eigenvalue weighted by molar-refractivity contribution is 14.0. The smallest absolute Gasteiger partial charge is 0.193 e. The average Bonchev–Trinajstić information content (AvgIpc) is 3.23.